The molecule has 0 aromatic heterocycles. The molecule has 0 atom stereocenters. The molecule has 0 heterocycles. The number of hydrogen-bond acceptors (Lipinski definition) is 5. The van der Waals surface area contributed by atoms with Gasteiger partial charge in [-0.25, -0.2) is 5.01 Å². The normalized spacial score (nSPS) is 10.2. The molecular formula is C13H20N2O4. The predicted octanol–water partition coefficient (Wildman–Crippen LogP) is 1.07. The first-order valence-corrected chi connectivity index (χ1v) is 5.88. The summed E-state index contributed by atoms with van der Waals surface area (Å²) in [6, 6.07) is 5.24. The Morgan fingerprint density at radius 1 is 1.11 bits per heavy atom. The van der Waals surface area contributed by atoms with Crippen LogP contribution in [0, 0.1) is 0 Å². The third kappa shape index (κ3) is 5.48. The first-order chi connectivity index (χ1) is 9.05. The van der Waals surface area contributed by atoms with E-state index in [9.17, 15) is 4.79 Å². The molecule has 6 heteroatoms. The van der Waals surface area contributed by atoms with Crippen molar-refractivity contribution in [1.29, 1.82) is 0 Å². The summed E-state index contributed by atoms with van der Waals surface area (Å²) in [6.45, 7) is 0.288. The Morgan fingerprint density at radius 3 is 2.11 bits per heavy atom. The Labute approximate surface area is 113 Å². The first kappa shape index (κ1) is 15.1. The van der Waals surface area contributed by atoms with Crippen LogP contribution in [0.1, 0.15) is 6.42 Å². The van der Waals surface area contributed by atoms with Crippen LogP contribution in [0.25, 0.3) is 0 Å². The van der Waals surface area contributed by atoms with E-state index < -0.39 is 0 Å². The fraction of sp³-hybridized carbons (Fsp3) is 0.462. The Morgan fingerprint density at radius 2 is 1.63 bits per heavy atom. The lowest BCUT2D eigenvalue weighted by molar-refractivity contribution is -0.125. The largest absolute Gasteiger partial charge is 0.496 e. The molecule has 1 N–H and O–H groups in total. The van der Waals surface area contributed by atoms with Crippen molar-refractivity contribution in [2.24, 2.45) is 0 Å². The van der Waals surface area contributed by atoms with Crippen molar-refractivity contribution in [2.75, 3.05) is 34.9 Å². The molecule has 1 rings (SSSR count). The van der Waals surface area contributed by atoms with Gasteiger partial charge in [0.2, 0.25) is 5.91 Å². The molecule has 0 aliphatic carbocycles. The van der Waals surface area contributed by atoms with E-state index in [0.29, 0.717) is 17.2 Å². The zero-order chi connectivity index (χ0) is 14.3. The lowest BCUT2D eigenvalue weighted by Gasteiger charge is -2.13. The van der Waals surface area contributed by atoms with Gasteiger partial charge in [0.25, 0.3) is 0 Å². The van der Waals surface area contributed by atoms with Gasteiger partial charge in [-0.2, -0.15) is 0 Å². The average Bonchev–Trinajstić information content (AvgIpc) is 2.37. The van der Waals surface area contributed by atoms with Gasteiger partial charge < -0.3 is 14.2 Å². The quantitative estimate of drug-likeness (QED) is 0.749. The van der Waals surface area contributed by atoms with Gasteiger partial charge in [0.05, 0.1) is 27.2 Å². The van der Waals surface area contributed by atoms with Crippen LogP contribution in [-0.4, -0.2) is 45.8 Å². The van der Waals surface area contributed by atoms with E-state index in [1.807, 2.05) is 0 Å². The SMILES string of the molecule is COc1cc(OC)cc(OCCC(=O)NN(C)C)c1. The number of methoxy groups -OCH3 is 2. The van der Waals surface area contributed by atoms with Crippen molar-refractivity contribution in [1.82, 2.24) is 10.4 Å². The Balaban J connectivity index is 2.50. The van der Waals surface area contributed by atoms with Gasteiger partial charge in [-0.05, 0) is 0 Å². The number of hydrogen-bond donors (Lipinski definition) is 1. The maximum Gasteiger partial charge on any atom is 0.237 e. The number of hydrazine groups is 1. The molecule has 0 saturated heterocycles. The van der Waals surface area contributed by atoms with Gasteiger partial charge in [0.15, 0.2) is 0 Å². The molecule has 0 spiro atoms. The van der Waals surface area contributed by atoms with Crippen LogP contribution in [0.5, 0.6) is 17.2 Å². The van der Waals surface area contributed by atoms with Crippen molar-refractivity contribution >= 4 is 5.91 Å². The highest BCUT2D eigenvalue weighted by Gasteiger charge is 2.05. The molecule has 1 amide bonds. The molecule has 1 aromatic rings. The van der Waals surface area contributed by atoms with E-state index in [2.05, 4.69) is 5.43 Å². The number of rotatable bonds is 7. The summed E-state index contributed by atoms with van der Waals surface area (Å²) in [6.07, 6.45) is 0.276. The second-order valence-corrected chi connectivity index (χ2v) is 4.08. The first-order valence-electron chi connectivity index (χ1n) is 5.88. The second kappa shape index (κ2) is 7.48. The van der Waals surface area contributed by atoms with Gasteiger partial charge in [0.1, 0.15) is 17.2 Å². The molecule has 0 aliphatic heterocycles. The molecule has 0 saturated carbocycles. The predicted molar refractivity (Wildman–Crippen MR) is 71.5 cm³/mol. The summed E-state index contributed by atoms with van der Waals surface area (Å²) in [7, 11) is 6.66. The molecule has 0 bridgehead atoms. The fourth-order valence-electron chi connectivity index (χ4n) is 1.43. The Hall–Kier alpha value is -1.95. The zero-order valence-corrected chi connectivity index (χ0v) is 11.7. The molecule has 106 valence electrons. The molecule has 0 fully saturated rings. The summed E-state index contributed by atoms with van der Waals surface area (Å²) < 4.78 is 15.8. The molecule has 0 unspecified atom stereocenters. The van der Waals surface area contributed by atoms with E-state index in [1.54, 1.807) is 51.5 Å². The molecule has 1 aromatic carbocycles. The van der Waals surface area contributed by atoms with Gasteiger partial charge >= 0.3 is 0 Å². The topological polar surface area (TPSA) is 60.0 Å². The number of benzene rings is 1. The van der Waals surface area contributed by atoms with Gasteiger partial charge in [0, 0.05) is 32.3 Å². The van der Waals surface area contributed by atoms with E-state index in [4.69, 9.17) is 14.2 Å². The smallest absolute Gasteiger partial charge is 0.237 e. The maximum atomic E-state index is 11.4. The minimum Gasteiger partial charge on any atom is -0.496 e. The van der Waals surface area contributed by atoms with Crippen LogP contribution in [0.4, 0.5) is 0 Å². The molecule has 0 radical (unpaired) electrons. The van der Waals surface area contributed by atoms with Crippen LogP contribution >= 0.6 is 0 Å². The molecule has 6 nitrogen and oxygen atoms in total. The number of ether oxygens (including phenoxy) is 3. The van der Waals surface area contributed by atoms with Crippen LogP contribution in [-0.2, 0) is 4.79 Å². The van der Waals surface area contributed by atoms with Crippen LogP contribution in [0.15, 0.2) is 18.2 Å². The summed E-state index contributed by atoms with van der Waals surface area (Å²) in [5.74, 6) is 1.80. The van der Waals surface area contributed by atoms with Gasteiger partial charge in [-0.3, -0.25) is 10.2 Å². The Bertz CT molecular complexity index is 399. The van der Waals surface area contributed by atoms with E-state index in [-0.39, 0.29) is 18.9 Å². The lowest BCUT2D eigenvalue weighted by Crippen LogP contribution is -2.36. The average molecular weight is 268 g/mol. The monoisotopic (exact) mass is 268 g/mol. The number of amides is 1. The highest BCUT2D eigenvalue weighted by molar-refractivity contribution is 5.75. The van der Waals surface area contributed by atoms with E-state index >= 15 is 0 Å². The highest BCUT2D eigenvalue weighted by Crippen LogP contribution is 2.27. The summed E-state index contributed by atoms with van der Waals surface area (Å²) in [4.78, 5) is 11.4. The lowest BCUT2D eigenvalue weighted by atomic mass is 10.3. The third-order valence-electron chi connectivity index (χ3n) is 2.27. The number of nitrogens with zero attached hydrogens (tertiary/aromatic N) is 1. The van der Waals surface area contributed by atoms with Crippen molar-refractivity contribution < 1.29 is 19.0 Å². The van der Waals surface area contributed by atoms with Gasteiger partial charge in [-0.15, -0.1) is 0 Å². The van der Waals surface area contributed by atoms with Crippen molar-refractivity contribution in [3.8, 4) is 17.2 Å². The number of carbonyl (C=O) groups excluding carboxylic acids is 1. The van der Waals surface area contributed by atoms with Crippen molar-refractivity contribution in [3.05, 3.63) is 18.2 Å². The van der Waals surface area contributed by atoms with Gasteiger partial charge in [-0.1, -0.05) is 0 Å². The van der Waals surface area contributed by atoms with Crippen molar-refractivity contribution in [3.63, 3.8) is 0 Å². The summed E-state index contributed by atoms with van der Waals surface area (Å²) in [5, 5.41) is 1.59. The minimum atomic E-state index is -0.0974. The zero-order valence-electron chi connectivity index (χ0n) is 11.7. The van der Waals surface area contributed by atoms with Crippen LogP contribution < -0.4 is 19.6 Å². The molecule has 19 heavy (non-hydrogen) atoms. The second-order valence-electron chi connectivity index (χ2n) is 4.08. The summed E-state index contributed by atoms with van der Waals surface area (Å²) >= 11 is 0. The van der Waals surface area contributed by atoms with Crippen LogP contribution in [0.3, 0.4) is 0 Å². The number of carbonyl (C=O) groups is 1. The third-order valence-corrected chi connectivity index (χ3v) is 2.27. The fourth-order valence-corrected chi connectivity index (χ4v) is 1.43. The molecule has 0 aliphatic rings. The Kier molecular flexibility index (Phi) is 5.95. The van der Waals surface area contributed by atoms with E-state index in [1.165, 1.54) is 0 Å². The van der Waals surface area contributed by atoms with Crippen LogP contribution in [0.2, 0.25) is 0 Å². The maximum absolute atomic E-state index is 11.4. The summed E-state index contributed by atoms with van der Waals surface area (Å²) in [5.41, 5.74) is 2.64. The molecular weight excluding hydrogens is 248 g/mol. The minimum absolute atomic E-state index is 0.0974. The standard InChI is InChI=1S/C13H20N2O4/c1-15(2)14-13(16)5-6-19-12-8-10(17-3)7-11(9-12)18-4/h7-9H,5-6H2,1-4H3,(H,14,16). The highest BCUT2D eigenvalue weighted by atomic mass is 16.5. The van der Waals surface area contributed by atoms with E-state index in [0.717, 1.165) is 0 Å². The number of nitrogens with one attached hydrogen (secondary N) is 1. The van der Waals surface area contributed by atoms with Crippen molar-refractivity contribution in [2.45, 2.75) is 6.42 Å².